The molecule has 4 rings (SSSR count). The highest BCUT2D eigenvalue weighted by molar-refractivity contribution is 9.10. The van der Waals surface area contributed by atoms with Crippen LogP contribution in [0.3, 0.4) is 0 Å². The predicted molar refractivity (Wildman–Crippen MR) is 119 cm³/mol. The van der Waals surface area contributed by atoms with Gasteiger partial charge in [0.1, 0.15) is 11.4 Å². The topological polar surface area (TPSA) is 70.0 Å². The minimum Gasteiger partial charge on any atom is -0.587 e. The molecule has 146 valence electrons. The second kappa shape index (κ2) is 8.02. The quantitative estimate of drug-likeness (QED) is 0.442. The van der Waals surface area contributed by atoms with Gasteiger partial charge in [0.05, 0.1) is 6.20 Å². The van der Waals surface area contributed by atoms with Crippen molar-refractivity contribution in [2.24, 2.45) is 0 Å². The summed E-state index contributed by atoms with van der Waals surface area (Å²) in [6.07, 6.45) is 3.55. The van der Waals surface area contributed by atoms with Crippen LogP contribution in [0, 0.1) is 6.92 Å². The maximum absolute atomic E-state index is 13.3. The molecule has 2 aromatic carbocycles. The number of nitrogens with zero attached hydrogens (tertiary/aromatic N) is 2. The second-order valence-electron chi connectivity index (χ2n) is 6.61. The SMILES string of the molecule is CNC(=O)c1ccc(-c2cn([S+]([O-])c3ccc(C)cc3)c3ncc(Br)cc23)cc1. The van der Waals surface area contributed by atoms with E-state index in [9.17, 15) is 9.35 Å². The molecule has 1 N–H and O–H groups in total. The van der Waals surface area contributed by atoms with Gasteiger partial charge in [0, 0.05) is 34.2 Å². The maximum Gasteiger partial charge on any atom is 0.251 e. The minimum atomic E-state index is -1.43. The molecule has 29 heavy (non-hydrogen) atoms. The summed E-state index contributed by atoms with van der Waals surface area (Å²) in [6.45, 7) is 2.00. The Labute approximate surface area is 180 Å². The van der Waals surface area contributed by atoms with E-state index in [1.54, 1.807) is 29.3 Å². The standard InChI is InChI=1S/C22H18BrN3O2S/c1-14-3-9-18(10-4-14)29(28)26-13-20(19-11-17(23)12-25-21(19)26)15-5-7-16(8-6-15)22(27)24-2/h3-13H,1-2H3,(H,24,27). The van der Waals surface area contributed by atoms with Crippen LogP contribution in [0.4, 0.5) is 0 Å². The Bertz CT molecular complexity index is 1190. The molecule has 1 unspecified atom stereocenters. The van der Waals surface area contributed by atoms with Crippen molar-refractivity contribution in [2.75, 3.05) is 7.05 Å². The van der Waals surface area contributed by atoms with Gasteiger partial charge in [-0.1, -0.05) is 29.8 Å². The molecule has 0 aliphatic rings. The molecule has 0 radical (unpaired) electrons. The maximum atomic E-state index is 13.3. The van der Waals surface area contributed by atoms with Crippen LogP contribution in [-0.4, -0.2) is 26.5 Å². The van der Waals surface area contributed by atoms with Crippen LogP contribution >= 0.6 is 15.9 Å². The number of carbonyl (C=O) groups is 1. The fourth-order valence-electron chi connectivity index (χ4n) is 3.12. The number of aromatic nitrogens is 2. The number of fused-ring (bicyclic) bond motifs is 1. The summed E-state index contributed by atoms with van der Waals surface area (Å²) in [7, 11) is 1.60. The van der Waals surface area contributed by atoms with Crippen LogP contribution in [0.25, 0.3) is 22.2 Å². The number of rotatable bonds is 4. The van der Waals surface area contributed by atoms with Gasteiger partial charge in [0.2, 0.25) is 0 Å². The van der Waals surface area contributed by atoms with Crippen molar-refractivity contribution in [1.29, 1.82) is 0 Å². The Kier molecular flexibility index (Phi) is 5.45. The van der Waals surface area contributed by atoms with E-state index in [2.05, 4.69) is 26.2 Å². The molecule has 2 aromatic heterocycles. The van der Waals surface area contributed by atoms with Crippen LogP contribution in [0.5, 0.6) is 0 Å². The molecule has 0 saturated heterocycles. The zero-order valence-electron chi connectivity index (χ0n) is 15.8. The first-order valence-electron chi connectivity index (χ1n) is 8.96. The third-order valence-electron chi connectivity index (χ3n) is 4.66. The van der Waals surface area contributed by atoms with E-state index in [4.69, 9.17) is 0 Å². The van der Waals surface area contributed by atoms with E-state index in [0.717, 1.165) is 26.5 Å². The van der Waals surface area contributed by atoms with E-state index in [1.807, 2.05) is 55.6 Å². The molecule has 1 amide bonds. The van der Waals surface area contributed by atoms with Gasteiger partial charge in [-0.05, 0) is 58.7 Å². The Hall–Kier alpha value is -2.61. The number of pyridine rings is 1. The highest BCUT2D eigenvalue weighted by Crippen LogP contribution is 2.33. The average molecular weight is 468 g/mol. The number of amides is 1. The molecule has 0 bridgehead atoms. The molecule has 5 nitrogen and oxygen atoms in total. The summed E-state index contributed by atoms with van der Waals surface area (Å²) in [4.78, 5) is 17.0. The van der Waals surface area contributed by atoms with Gasteiger partial charge in [-0.3, -0.25) is 4.79 Å². The van der Waals surface area contributed by atoms with Crippen LogP contribution in [0.1, 0.15) is 15.9 Å². The summed E-state index contributed by atoms with van der Waals surface area (Å²) < 4.78 is 15.8. The summed E-state index contributed by atoms with van der Waals surface area (Å²) >= 11 is 2.05. The molecule has 0 fully saturated rings. The van der Waals surface area contributed by atoms with Gasteiger partial charge in [0.25, 0.3) is 5.91 Å². The Morgan fingerprint density at radius 3 is 2.48 bits per heavy atom. The van der Waals surface area contributed by atoms with Gasteiger partial charge in [0.15, 0.2) is 10.5 Å². The third-order valence-corrected chi connectivity index (χ3v) is 6.41. The Morgan fingerprint density at radius 1 is 1.14 bits per heavy atom. The average Bonchev–Trinajstić information content (AvgIpc) is 3.12. The van der Waals surface area contributed by atoms with E-state index in [-0.39, 0.29) is 5.91 Å². The lowest BCUT2D eigenvalue weighted by atomic mass is 10.0. The van der Waals surface area contributed by atoms with E-state index < -0.39 is 11.4 Å². The molecule has 2 heterocycles. The lowest BCUT2D eigenvalue weighted by Gasteiger charge is -2.10. The first-order valence-corrected chi connectivity index (χ1v) is 10.9. The molecule has 7 heteroatoms. The normalized spacial score (nSPS) is 12.1. The van der Waals surface area contributed by atoms with Crippen molar-refractivity contribution in [3.63, 3.8) is 0 Å². The number of nitrogens with one attached hydrogen (secondary N) is 1. The van der Waals surface area contributed by atoms with Gasteiger partial charge in [-0.25, -0.2) is 4.98 Å². The van der Waals surface area contributed by atoms with E-state index in [1.165, 1.54) is 0 Å². The molecular weight excluding hydrogens is 450 g/mol. The zero-order valence-corrected chi connectivity index (χ0v) is 18.3. The Balaban J connectivity index is 1.84. The smallest absolute Gasteiger partial charge is 0.251 e. The van der Waals surface area contributed by atoms with Crippen molar-refractivity contribution in [1.82, 2.24) is 14.3 Å². The Morgan fingerprint density at radius 2 is 1.83 bits per heavy atom. The predicted octanol–water partition coefficient (Wildman–Crippen LogP) is 4.70. The lowest BCUT2D eigenvalue weighted by molar-refractivity contribution is 0.0963. The molecule has 0 saturated carbocycles. The van der Waals surface area contributed by atoms with Crippen LogP contribution in [0.15, 0.2) is 76.4 Å². The monoisotopic (exact) mass is 467 g/mol. The van der Waals surface area contributed by atoms with Crippen molar-refractivity contribution in [3.8, 4) is 11.1 Å². The fraction of sp³-hybridized carbons (Fsp3) is 0.0909. The minimum absolute atomic E-state index is 0.135. The van der Waals surface area contributed by atoms with Crippen LogP contribution < -0.4 is 5.32 Å². The zero-order chi connectivity index (χ0) is 20.5. The highest BCUT2D eigenvalue weighted by atomic mass is 79.9. The van der Waals surface area contributed by atoms with Crippen LogP contribution in [-0.2, 0) is 11.4 Å². The van der Waals surface area contributed by atoms with Gasteiger partial charge >= 0.3 is 0 Å². The molecular formula is C22H18BrN3O2S. The lowest BCUT2D eigenvalue weighted by Crippen LogP contribution is -2.17. The molecule has 0 aliphatic carbocycles. The first kappa shape index (κ1) is 19.7. The van der Waals surface area contributed by atoms with Crippen molar-refractivity contribution >= 4 is 44.2 Å². The third kappa shape index (κ3) is 3.81. The molecule has 4 aromatic rings. The van der Waals surface area contributed by atoms with E-state index in [0.29, 0.717) is 16.1 Å². The van der Waals surface area contributed by atoms with Gasteiger partial charge < -0.3 is 9.87 Å². The fourth-order valence-corrected chi connectivity index (χ4v) is 4.56. The largest absolute Gasteiger partial charge is 0.587 e. The summed E-state index contributed by atoms with van der Waals surface area (Å²) in [5.41, 5.74) is 4.15. The van der Waals surface area contributed by atoms with Gasteiger partial charge in [-0.15, -0.1) is 3.97 Å². The molecule has 1 atom stereocenters. The van der Waals surface area contributed by atoms with Crippen molar-refractivity contribution in [2.45, 2.75) is 11.8 Å². The summed E-state index contributed by atoms with van der Waals surface area (Å²) in [5.74, 6) is -0.135. The molecule has 0 spiro atoms. The number of carbonyl (C=O) groups excluding carboxylic acids is 1. The highest BCUT2D eigenvalue weighted by Gasteiger charge is 2.22. The number of hydrogen-bond acceptors (Lipinski definition) is 3. The summed E-state index contributed by atoms with van der Waals surface area (Å²) in [5, 5.41) is 3.50. The van der Waals surface area contributed by atoms with E-state index >= 15 is 0 Å². The van der Waals surface area contributed by atoms with Gasteiger partial charge in [-0.2, -0.15) is 0 Å². The molecule has 0 aliphatic heterocycles. The van der Waals surface area contributed by atoms with Crippen LogP contribution in [0.2, 0.25) is 0 Å². The number of aryl methyl sites for hydroxylation is 1. The summed E-state index contributed by atoms with van der Waals surface area (Å²) in [6, 6.07) is 16.9. The first-order chi connectivity index (χ1) is 14.0. The van der Waals surface area contributed by atoms with Crippen molar-refractivity contribution in [3.05, 3.63) is 82.6 Å². The number of hydrogen-bond donors (Lipinski definition) is 1. The number of benzene rings is 2. The number of halogens is 1. The second-order valence-corrected chi connectivity index (χ2v) is 8.89. The van der Waals surface area contributed by atoms with Crippen molar-refractivity contribution < 1.29 is 9.35 Å².